The molecule has 2 rings (SSSR count). The molecule has 2 aromatic carbocycles. The lowest BCUT2D eigenvalue weighted by Crippen LogP contribution is -2.15. The first-order valence-corrected chi connectivity index (χ1v) is 7.62. The highest BCUT2D eigenvalue weighted by Crippen LogP contribution is 2.28. The summed E-state index contributed by atoms with van der Waals surface area (Å²) in [5.41, 5.74) is 2.50. The van der Waals surface area contributed by atoms with Crippen LogP contribution in [0, 0.1) is 0 Å². The van der Waals surface area contributed by atoms with Gasteiger partial charge in [-0.2, -0.15) is 0 Å². The first-order valence-electron chi connectivity index (χ1n) is 6.83. The molecular formula is C17H20BrNO. The Morgan fingerprint density at radius 1 is 1.15 bits per heavy atom. The maximum Gasteiger partial charge on any atom is 0.133 e. The number of halogens is 1. The lowest BCUT2D eigenvalue weighted by atomic mass is 10.1. The van der Waals surface area contributed by atoms with Crippen LogP contribution in [0.15, 0.2) is 53.0 Å². The van der Waals surface area contributed by atoms with E-state index in [9.17, 15) is 0 Å². The summed E-state index contributed by atoms with van der Waals surface area (Å²) in [7, 11) is 1.68. The fraction of sp³-hybridized carbons (Fsp3) is 0.294. The van der Waals surface area contributed by atoms with Crippen LogP contribution in [0.2, 0.25) is 0 Å². The van der Waals surface area contributed by atoms with Crippen molar-refractivity contribution in [2.24, 2.45) is 0 Å². The molecule has 1 unspecified atom stereocenters. The molecule has 3 heteroatoms. The maximum atomic E-state index is 5.24. The number of rotatable bonds is 6. The number of hydrogen-bond donors (Lipinski definition) is 1. The van der Waals surface area contributed by atoms with E-state index >= 15 is 0 Å². The molecule has 0 aliphatic carbocycles. The van der Waals surface area contributed by atoms with E-state index in [1.165, 1.54) is 5.56 Å². The highest BCUT2D eigenvalue weighted by atomic mass is 79.9. The molecule has 1 atom stereocenters. The number of anilines is 1. The van der Waals surface area contributed by atoms with E-state index in [-0.39, 0.29) is 0 Å². The quantitative estimate of drug-likeness (QED) is 0.812. The molecule has 0 radical (unpaired) electrons. The average molecular weight is 334 g/mol. The third-order valence-corrected chi connectivity index (χ3v) is 3.89. The average Bonchev–Trinajstić information content (AvgIpc) is 2.46. The number of benzene rings is 2. The van der Waals surface area contributed by atoms with Crippen LogP contribution in [0.4, 0.5) is 5.69 Å². The predicted molar refractivity (Wildman–Crippen MR) is 88.5 cm³/mol. The Hall–Kier alpha value is -1.48. The summed E-state index contributed by atoms with van der Waals surface area (Å²) in [6.07, 6.45) is 2.19. The minimum absolute atomic E-state index is 0.426. The van der Waals surface area contributed by atoms with Crippen molar-refractivity contribution in [3.63, 3.8) is 0 Å². The third kappa shape index (κ3) is 4.27. The Labute approximate surface area is 129 Å². The van der Waals surface area contributed by atoms with Gasteiger partial charge >= 0.3 is 0 Å². The molecule has 0 amide bonds. The van der Waals surface area contributed by atoms with Gasteiger partial charge in [0.2, 0.25) is 0 Å². The van der Waals surface area contributed by atoms with Crippen molar-refractivity contribution < 1.29 is 4.74 Å². The zero-order chi connectivity index (χ0) is 14.4. The molecule has 0 heterocycles. The van der Waals surface area contributed by atoms with Crippen LogP contribution < -0.4 is 10.1 Å². The summed E-state index contributed by atoms with van der Waals surface area (Å²) in [5.74, 6) is 0.854. The number of hydrogen-bond acceptors (Lipinski definition) is 2. The van der Waals surface area contributed by atoms with Crippen molar-refractivity contribution >= 4 is 21.6 Å². The second-order valence-electron chi connectivity index (χ2n) is 4.92. The molecule has 0 aliphatic rings. The number of nitrogens with one attached hydrogen (secondary N) is 1. The van der Waals surface area contributed by atoms with Gasteiger partial charge in [-0.3, -0.25) is 0 Å². The summed E-state index contributed by atoms with van der Waals surface area (Å²) < 4.78 is 6.21. The predicted octanol–water partition coefficient (Wildman–Crippen LogP) is 4.89. The molecule has 0 spiro atoms. The maximum absolute atomic E-state index is 5.24. The van der Waals surface area contributed by atoms with Crippen molar-refractivity contribution in [3.05, 3.63) is 58.6 Å². The van der Waals surface area contributed by atoms with Crippen LogP contribution in [-0.4, -0.2) is 13.2 Å². The van der Waals surface area contributed by atoms with Crippen LogP contribution >= 0.6 is 15.9 Å². The molecule has 1 N–H and O–H groups in total. The summed E-state index contributed by atoms with van der Waals surface area (Å²) >= 11 is 3.51. The van der Waals surface area contributed by atoms with Gasteiger partial charge < -0.3 is 10.1 Å². The molecule has 0 aromatic heterocycles. The number of methoxy groups -OCH3 is 1. The van der Waals surface area contributed by atoms with Crippen LogP contribution in [-0.2, 0) is 6.42 Å². The molecule has 106 valence electrons. The van der Waals surface area contributed by atoms with Gasteiger partial charge in [0.05, 0.1) is 11.6 Å². The van der Waals surface area contributed by atoms with Gasteiger partial charge in [-0.25, -0.2) is 0 Å². The van der Waals surface area contributed by atoms with E-state index < -0.39 is 0 Å². The lowest BCUT2D eigenvalue weighted by molar-refractivity contribution is 0.412. The first kappa shape index (κ1) is 14.9. The first-order chi connectivity index (χ1) is 9.69. The Kier molecular flexibility index (Phi) is 5.48. The van der Waals surface area contributed by atoms with E-state index in [0.29, 0.717) is 6.04 Å². The van der Waals surface area contributed by atoms with E-state index in [1.807, 2.05) is 12.1 Å². The smallest absolute Gasteiger partial charge is 0.133 e. The van der Waals surface area contributed by atoms with E-state index in [1.54, 1.807) is 7.11 Å². The fourth-order valence-corrected chi connectivity index (χ4v) is 2.68. The summed E-state index contributed by atoms with van der Waals surface area (Å²) in [6.45, 7) is 2.21. The van der Waals surface area contributed by atoms with Crippen molar-refractivity contribution in [1.29, 1.82) is 0 Å². The molecular weight excluding hydrogens is 314 g/mol. The van der Waals surface area contributed by atoms with Gasteiger partial charge in [0, 0.05) is 11.7 Å². The van der Waals surface area contributed by atoms with Crippen LogP contribution in [0.1, 0.15) is 18.9 Å². The molecule has 0 aliphatic heterocycles. The number of ether oxygens (including phenoxy) is 1. The molecule has 0 saturated carbocycles. The van der Waals surface area contributed by atoms with Gasteiger partial charge in [-0.15, -0.1) is 0 Å². The topological polar surface area (TPSA) is 21.3 Å². The van der Waals surface area contributed by atoms with Gasteiger partial charge in [0.25, 0.3) is 0 Å². The van der Waals surface area contributed by atoms with Crippen LogP contribution in [0.5, 0.6) is 5.75 Å². The van der Waals surface area contributed by atoms with Crippen molar-refractivity contribution in [1.82, 2.24) is 0 Å². The van der Waals surface area contributed by atoms with Crippen LogP contribution in [0.25, 0.3) is 0 Å². The van der Waals surface area contributed by atoms with Crippen molar-refractivity contribution in [3.8, 4) is 5.75 Å². The van der Waals surface area contributed by atoms with Gasteiger partial charge in [-0.05, 0) is 59.5 Å². The van der Waals surface area contributed by atoms with Gasteiger partial charge in [0.15, 0.2) is 0 Å². The number of aryl methyl sites for hydroxylation is 1. The van der Waals surface area contributed by atoms with Gasteiger partial charge in [-0.1, -0.05) is 30.3 Å². The minimum Gasteiger partial charge on any atom is -0.496 e. The van der Waals surface area contributed by atoms with Crippen molar-refractivity contribution in [2.75, 3.05) is 12.4 Å². The Morgan fingerprint density at radius 2 is 1.90 bits per heavy atom. The zero-order valence-electron chi connectivity index (χ0n) is 11.9. The molecule has 2 nitrogen and oxygen atoms in total. The minimum atomic E-state index is 0.426. The highest BCUT2D eigenvalue weighted by Gasteiger charge is 2.05. The Morgan fingerprint density at radius 3 is 2.55 bits per heavy atom. The summed E-state index contributed by atoms with van der Waals surface area (Å²) in [5, 5.41) is 3.52. The highest BCUT2D eigenvalue weighted by molar-refractivity contribution is 9.10. The van der Waals surface area contributed by atoms with E-state index in [4.69, 9.17) is 4.74 Å². The summed E-state index contributed by atoms with van der Waals surface area (Å²) in [6, 6.07) is 17.1. The monoisotopic (exact) mass is 333 g/mol. The third-order valence-electron chi connectivity index (χ3n) is 3.27. The Balaban J connectivity index is 1.88. The van der Waals surface area contributed by atoms with E-state index in [0.717, 1.165) is 28.8 Å². The lowest BCUT2D eigenvalue weighted by Gasteiger charge is -2.16. The van der Waals surface area contributed by atoms with Crippen molar-refractivity contribution in [2.45, 2.75) is 25.8 Å². The summed E-state index contributed by atoms with van der Waals surface area (Å²) in [4.78, 5) is 0. The second kappa shape index (κ2) is 7.34. The molecule has 2 aromatic rings. The normalized spacial score (nSPS) is 11.9. The van der Waals surface area contributed by atoms with Crippen LogP contribution in [0.3, 0.4) is 0 Å². The standard InChI is InChI=1S/C17H20BrNO/c1-13(8-9-14-6-4-3-5-7-14)19-15-10-11-17(20-2)16(18)12-15/h3-7,10-13,19H,8-9H2,1-2H3. The second-order valence-corrected chi connectivity index (χ2v) is 5.77. The molecule has 0 fully saturated rings. The van der Waals surface area contributed by atoms with Gasteiger partial charge in [0.1, 0.15) is 5.75 Å². The molecule has 0 bridgehead atoms. The van der Waals surface area contributed by atoms with E-state index in [2.05, 4.69) is 64.6 Å². The Bertz CT molecular complexity index is 542. The largest absolute Gasteiger partial charge is 0.496 e. The molecule has 20 heavy (non-hydrogen) atoms. The molecule has 0 saturated heterocycles. The SMILES string of the molecule is COc1ccc(NC(C)CCc2ccccc2)cc1Br. The zero-order valence-corrected chi connectivity index (χ0v) is 13.5. The fourth-order valence-electron chi connectivity index (χ4n) is 2.14.